The van der Waals surface area contributed by atoms with Crippen LogP contribution in [0.5, 0.6) is 0 Å². The van der Waals surface area contributed by atoms with Gasteiger partial charge in [0.1, 0.15) is 6.10 Å². The summed E-state index contributed by atoms with van der Waals surface area (Å²) in [5.74, 6) is -0.175. The van der Waals surface area contributed by atoms with Crippen LogP contribution >= 0.6 is 0 Å². The van der Waals surface area contributed by atoms with E-state index in [1.54, 1.807) is 4.90 Å². The molecular weight excluding hydrogens is 394 g/mol. The zero-order chi connectivity index (χ0) is 22.8. The number of nitrogens with one attached hydrogen (secondary N) is 1. The first-order valence-electron chi connectivity index (χ1n) is 10.9. The highest BCUT2D eigenvalue weighted by molar-refractivity contribution is 5.87. The summed E-state index contributed by atoms with van der Waals surface area (Å²) in [5.41, 5.74) is 0.607. The van der Waals surface area contributed by atoms with Gasteiger partial charge in [-0.05, 0) is 59.4 Å². The number of aliphatic hydroxyl groups excluding tert-OH is 1. The van der Waals surface area contributed by atoms with E-state index in [0.717, 1.165) is 22.2 Å². The smallest absolute Gasteiger partial charge is 0.249 e. The maximum Gasteiger partial charge on any atom is 0.249 e. The average Bonchev–Trinajstić information content (AvgIpc) is 2.92. The Hall–Kier alpha value is -2.06. The molecule has 0 saturated carbocycles. The highest BCUT2D eigenvalue weighted by Crippen LogP contribution is 2.28. The number of ether oxygens (including phenoxy) is 2. The first-order valence-corrected chi connectivity index (χ1v) is 10.9. The van der Waals surface area contributed by atoms with E-state index in [0.29, 0.717) is 26.1 Å². The average molecular weight is 430 g/mol. The van der Waals surface area contributed by atoms with Crippen LogP contribution in [0, 0.1) is 6.92 Å². The molecule has 0 radical (unpaired) electrons. The maximum atomic E-state index is 13.1. The standard InChI is InChI=1S/C24H35N3O4/c1-16-15-17-9-7-8-10-18(17)20(25-16)24(5,6)26-21(28)19-11-12-27(13-14-30-19)22(29)31-23(2,3)4/h7-10,15,19,22,29H,11-14H2,1-6H3,(H,26,28). The third-order valence-electron chi connectivity index (χ3n) is 5.34. The lowest BCUT2D eigenvalue weighted by molar-refractivity contribution is -0.238. The van der Waals surface area contributed by atoms with Crippen molar-refractivity contribution in [1.29, 1.82) is 0 Å². The zero-order valence-electron chi connectivity index (χ0n) is 19.4. The first kappa shape index (κ1) is 23.6. The molecular formula is C24H35N3O4. The predicted octanol–water partition coefficient (Wildman–Crippen LogP) is 3.08. The third kappa shape index (κ3) is 6.01. The van der Waals surface area contributed by atoms with E-state index < -0.39 is 23.7 Å². The molecule has 0 bridgehead atoms. The number of rotatable bonds is 5. The van der Waals surface area contributed by atoms with Crippen LogP contribution in [-0.4, -0.2) is 58.7 Å². The molecule has 2 atom stereocenters. The number of aryl methyl sites for hydroxylation is 1. The van der Waals surface area contributed by atoms with E-state index in [1.807, 2.05) is 65.8 Å². The fourth-order valence-corrected chi connectivity index (χ4v) is 3.87. The highest BCUT2D eigenvalue weighted by Gasteiger charge is 2.33. The van der Waals surface area contributed by atoms with Gasteiger partial charge in [0.05, 0.1) is 23.4 Å². The maximum absolute atomic E-state index is 13.1. The molecule has 1 aromatic carbocycles. The van der Waals surface area contributed by atoms with Crippen LogP contribution in [0.15, 0.2) is 30.3 Å². The summed E-state index contributed by atoms with van der Waals surface area (Å²) >= 11 is 0. The largest absolute Gasteiger partial charge is 0.367 e. The quantitative estimate of drug-likeness (QED) is 0.711. The van der Waals surface area contributed by atoms with E-state index >= 15 is 0 Å². The molecule has 0 aliphatic carbocycles. The second-order valence-corrected chi connectivity index (χ2v) is 9.69. The van der Waals surface area contributed by atoms with Crippen molar-refractivity contribution in [2.75, 3.05) is 19.7 Å². The number of carbonyl (C=O) groups excluding carboxylic acids is 1. The van der Waals surface area contributed by atoms with Crippen molar-refractivity contribution < 1.29 is 19.4 Å². The van der Waals surface area contributed by atoms with Crippen molar-refractivity contribution in [2.45, 2.75) is 71.6 Å². The number of pyridine rings is 1. The van der Waals surface area contributed by atoms with Crippen LogP contribution in [0.25, 0.3) is 10.8 Å². The third-order valence-corrected chi connectivity index (χ3v) is 5.34. The van der Waals surface area contributed by atoms with Gasteiger partial charge in [-0.25, -0.2) is 0 Å². The fraction of sp³-hybridized carbons (Fsp3) is 0.583. The van der Waals surface area contributed by atoms with Gasteiger partial charge >= 0.3 is 0 Å². The van der Waals surface area contributed by atoms with Gasteiger partial charge < -0.3 is 19.9 Å². The zero-order valence-corrected chi connectivity index (χ0v) is 19.4. The number of nitrogens with zero attached hydrogens (tertiary/aromatic N) is 2. The number of benzene rings is 1. The van der Waals surface area contributed by atoms with Gasteiger partial charge in [-0.2, -0.15) is 0 Å². The Morgan fingerprint density at radius 1 is 1.26 bits per heavy atom. The van der Waals surface area contributed by atoms with Crippen molar-refractivity contribution in [2.24, 2.45) is 0 Å². The molecule has 1 aliphatic rings. The van der Waals surface area contributed by atoms with Gasteiger partial charge in [-0.1, -0.05) is 24.3 Å². The van der Waals surface area contributed by atoms with E-state index in [1.165, 1.54) is 0 Å². The van der Waals surface area contributed by atoms with Crippen LogP contribution < -0.4 is 5.32 Å². The van der Waals surface area contributed by atoms with E-state index in [9.17, 15) is 9.90 Å². The van der Waals surface area contributed by atoms with Crippen molar-refractivity contribution >= 4 is 16.7 Å². The Bertz CT molecular complexity index is 923. The Balaban J connectivity index is 1.70. The Morgan fingerprint density at radius 2 is 1.97 bits per heavy atom. The van der Waals surface area contributed by atoms with E-state index in [-0.39, 0.29) is 5.91 Å². The number of hydrogen-bond donors (Lipinski definition) is 2. The summed E-state index contributed by atoms with van der Waals surface area (Å²) in [6, 6.07) is 10.1. The topological polar surface area (TPSA) is 83.9 Å². The number of amides is 1. The minimum Gasteiger partial charge on any atom is -0.367 e. The molecule has 31 heavy (non-hydrogen) atoms. The molecule has 3 rings (SSSR count). The summed E-state index contributed by atoms with van der Waals surface area (Å²) in [5, 5.41) is 15.6. The van der Waals surface area contributed by atoms with Crippen molar-refractivity contribution in [3.05, 3.63) is 41.7 Å². The molecule has 7 heteroatoms. The summed E-state index contributed by atoms with van der Waals surface area (Å²) in [7, 11) is 0. The molecule has 2 heterocycles. The summed E-state index contributed by atoms with van der Waals surface area (Å²) in [6.07, 6.45) is -1.15. The highest BCUT2D eigenvalue weighted by atomic mass is 16.6. The Kier molecular flexibility index (Phi) is 7.01. The van der Waals surface area contributed by atoms with Gasteiger partial charge in [-0.3, -0.25) is 14.7 Å². The van der Waals surface area contributed by atoms with Crippen LogP contribution in [0.1, 0.15) is 52.4 Å². The lowest BCUT2D eigenvalue weighted by Crippen LogP contribution is -2.47. The summed E-state index contributed by atoms with van der Waals surface area (Å²) in [6.45, 7) is 12.9. The number of hydrogen-bond acceptors (Lipinski definition) is 6. The van der Waals surface area contributed by atoms with Crippen LogP contribution in [0.3, 0.4) is 0 Å². The van der Waals surface area contributed by atoms with Crippen molar-refractivity contribution in [1.82, 2.24) is 15.2 Å². The molecule has 2 N–H and O–H groups in total. The molecule has 1 amide bonds. The molecule has 1 saturated heterocycles. The fourth-order valence-electron chi connectivity index (χ4n) is 3.87. The van der Waals surface area contributed by atoms with Gasteiger partial charge in [0, 0.05) is 24.2 Å². The Morgan fingerprint density at radius 3 is 2.68 bits per heavy atom. The Labute approximate surface area is 184 Å². The molecule has 1 fully saturated rings. The molecule has 170 valence electrons. The van der Waals surface area contributed by atoms with Gasteiger partial charge in [0.25, 0.3) is 0 Å². The monoisotopic (exact) mass is 429 g/mol. The van der Waals surface area contributed by atoms with Crippen LogP contribution in [-0.2, 0) is 19.8 Å². The van der Waals surface area contributed by atoms with Crippen LogP contribution in [0.4, 0.5) is 0 Å². The van der Waals surface area contributed by atoms with Crippen molar-refractivity contribution in [3.8, 4) is 0 Å². The molecule has 2 unspecified atom stereocenters. The molecule has 0 spiro atoms. The lowest BCUT2D eigenvalue weighted by atomic mass is 9.93. The van der Waals surface area contributed by atoms with Crippen molar-refractivity contribution in [3.63, 3.8) is 0 Å². The number of aromatic nitrogens is 1. The molecule has 2 aromatic rings. The molecule has 1 aromatic heterocycles. The minimum atomic E-state index is -1.02. The second-order valence-electron chi connectivity index (χ2n) is 9.69. The molecule has 1 aliphatic heterocycles. The first-order chi connectivity index (χ1) is 14.5. The SMILES string of the molecule is Cc1cc2ccccc2c(C(C)(C)NC(=O)C2CCN(C(O)OC(C)(C)C)CCO2)n1. The van der Waals surface area contributed by atoms with E-state index in [4.69, 9.17) is 14.5 Å². The number of fused-ring (bicyclic) bond motifs is 1. The number of carbonyl (C=O) groups is 1. The molecule has 7 nitrogen and oxygen atoms in total. The van der Waals surface area contributed by atoms with Crippen LogP contribution in [0.2, 0.25) is 0 Å². The summed E-state index contributed by atoms with van der Waals surface area (Å²) in [4.78, 5) is 19.6. The minimum absolute atomic E-state index is 0.175. The predicted molar refractivity (Wildman–Crippen MR) is 120 cm³/mol. The normalized spacial score (nSPS) is 19.8. The lowest BCUT2D eigenvalue weighted by Gasteiger charge is -2.31. The van der Waals surface area contributed by atoms with Gasteiger partial charge in [0.15, 0.2) is 0 Å². The van der Waals surface area contributed by atoms with Gasteiger partial charge in [-0.15, -0.1) is 0 Å². The second kappa shape index (κ2) is 9.20. The van der Waals surface area contributed by atoms with Gasteiger partial charge in [0.2, 0.25) is 12.3 Å². The van der Waals surface area contributed by atoms with E-state index in [2.05, 4.69) is 11.4 Å². The number of aliphatic hydroxyl groups is 1. The summed E-state index contributed by atoms with van der Waals surface area (Å²) < 4.78 is 11.5.